The molecule has 4 atom stereocenters. The average molecular weight is 635 g/mol. The van der Waals surface area contributed by atoms with Crippen LogP contribution < -0.4 is 10.6 Å². The Morgan fingerprint density at radius 1 is 0.848 bits per heavy atom. The number of ether oxygens (including phenoxy) is 3. The van der Waals surface area contributed by atoms with E-state index in [1.54, 1.807) is 12.1 Å². The zero-order valence-corrected chi connectivity index (χ0v) is 25.2. The molecule has 1 aliphatic heterocycles. The van der Waals surface area contributed by atoms with E-state index in [1.807, 2.05) is 42.5 Å². The van der Waals surface area contributed by atoms with Crippen LogP contribution in [0.3, 0.4) is 0 Å². The summed E-state index contributed by atoms with van der Waals surface area (Å²) in [4.78, 5) is 37.4. The van der Waals surface area contributed by atoms with Gasteiger partial charge >= 0.3 is 0 Å². The molecule has 3 heterocycles. The normalized spacial score (nSPS) is 19.4. The van der Waals surface area contributed by atoms with Crippen LogP contribution in [0.15, 0.2) is 67.3 Å². The van der Waals surface area contributed by atoms with E-state index in [1.165, 1.54) is 17.2 Å². The predicted molar refractivity (Wildman–Crippen MR) is 167 cm³/mol. The van der Waals surface area contributed by atoms with Gasteiger partial charge in [-0.05, 0) is 11.1 Å². The number of aromatic nitrogens is 4. The van der Waals surface area contributed by atoms with E-state index in [-0.39, 0.29) is 24.5 Å². The molecule has 2 aromatic carbocycles. The van der Waals surface area contributed by atoms with E-state index in [0.717, 1.165) is 11.1 Å². The molecule has 14 heteroatoms. The van der Waals surface area contributed by atoms with Crippen LogP contribution in [0.1, 0.15) is 29.4 Å². The maximum atomic E-state index is 12.5. The van der Waals surface area contributed by atoms with E-state index in [9.17, 15) is 24.9 Å². The van der Waals surface area contributed by atoms with Crippen LogP contribution >= 0.6 is 0 Å². The highest BCUT2D eigenvalue weighted by atomic mass is 16.6. The number of imidazole rings is 1. The number of carbonyl (C=O) groups is 2. The zero-order chi connectivity index (χ0) is 32.3. The molecule has 1 aliphatic rings. The molecule has 4 aromatic rings. The van der Waals surface area contributed by atoms with Gasteiger partial charge in [0.05, 0.1) is 39.4 Å². The number of rotatable bonds is 17. The first kappa shape index (κ1) is 33.1. The van der Waals surface area contributed by atoms with Crippen molar-refractivity contribution in [3.8, 4) is 11.1 Å². The fraction of sp³-hybridized carbons (Fsp3) is 0.406. The second-order valence-electron chi connectivity index (χ2n) is 10.6. The molecule has 0 bridgehead atoms. The summed E-state index contributed by atoms with van der Waals surface area (Å²) in [7, 11) is 0. The lowest BCUT2D eigenvalue weighted by atomic mass is 10.0. The van der Waals surface area contributed by atoms with Crippen LogP contribution in [-0.4, -0.2) is 111 Å². The quantitative estimate of drug-likeness (QED) is 0.0829. The standard InChI is InChI=1S/C32H38N6O8/c39-18-25-28(42)29(43)32(46-25)38-20-37-27-30(35-19-36-31(27)38)34-13-15-45-17-16-44-14-12-33-26(41)11-10-24(40)23-8-6-22(7-9-23)21-4-2-1-3-5-21/h1-9,19-20,25,28-29,32,39,42-43H,10-18H2,(H,33,41)(H,34,35,36)/t25-,28?,29+,32-/m1/s1. The van der Waals surface area contributed by atoms with Gasteiger partial charge in [0.1, 0.15) is 24.6 Å². The van der Waals surface area contributed by atoms with Gasteiger partial charge in [-0.1, -0.05) is 54.6 Å². The van der Waals surface area contributed by atoms with Crippen LogP contribution in [0.5, 0.6) is 0 Å². The van der Waals surface area contributed by atoms with Crippen molar-refractivity contribution < 1.29 is 39.1 Å². The number of aliphatic hydroxyl groups is 3. The molecule has 46 heavy (non-hydrogen) atoms. The van der Waals surface area contributed by atoms with E-state index >= 15 is 0 Å². The van der Waals surface area contributed by atoms with Crippen LogP contribution in [0.25, 0.3) is 22.3 Å². The van der Waals surface area contributed by atoms with E-state index < -0.39 is 31.1 Å². The number of aliphatic hydroxyl groups excluding tert-OH is 3. The molecule has 5 N–H and O–H groups in total. The zero-order valence-electron chi connectivity index (χ0n) is 25.2. The minimum absolute atomic E-state index is 0.0763. The summed E-state index contributed by atoms with van der Waals surface area (Å²) in [6, 6.07) is 17.3. The van der Waals surface area contributed by atoms with Gasteiger partial charge in [0.25, 0.3) is 0 Å². The monoisotopic (exact) mass is 634 g/mol. The van der Waals surface area contributed by atoms with Crippen molar-refractivity contribution in [2.45, 2.75) is 37.4 Å². The van der Waals surface area contributed by atoms with Crippen molar-refractivity contribution >= 4 is 28.7 Å². The summed E-state index contributed by atoms with van der Waals surface area (Å²) in [6.07, 6.45) is -1.31. The molecule has 0 spiro atoms. The van der Waals surface area contributed by atoms with Crippen molar-refractivity contribution in [1.29, 1.82) is 0 Å². The van der Waals surface area contributed by atoms with Crippen LogP contribution in [0, 0.1) is 0 Å². The molecule has 0 radical (unpaired) electrons. The number of Topliss-reactive ketones (excluding diaryl/α,β-unsaturated/α-hetero) is 1. The van der Waals surface area contributed by atoms with Gasteiger partial charge in [-0.15, -0.1) is 0 Å². The number of benzene rings is 2. The number of ketones is 1. The molecular weight excluding hydrogens is 596 g/mol. The Labute approximate surface area is 265 Å². The Hall–Kier alpha value is -4.31. The molecule has 5 rings (SSSR count). The summed E-state index contributed by atoms with van der Waals surface area (Å²) in [6.45, 7) is 1.72. The van der Waals surface area contributed by atoms with E-state index in [2.05, 4.69) is 25.6 Å². The average Bonchev–Trinajstić information content (AvgIpc) is 3.65. The number of fused-ring (bicyclic) bond motifs is 1. The topological polar surface area (TPSA) is 190 Å². The second-order valence-corrected chi connectivity index (χ2v) is 10.6. The van der Waals surface area contributed by atoms with Crippen molar-refractivity contribution in [1.82, 2.24) is 24.8 Å². The Balaban J connectivity index is 0.917. The second kappa shape index (κ2) is 16.3. The van der Waals surface area contributed by atoms with Gasteiger partial charge in [-0.3, -0.25) is 14.2 Å². The lowest BCUT2D eigenvalue weighted by Gasteiger charge is -2.16. The number of nitrogens with one attached hydrogen (secondary N) is 2. The highest BCUT2D eigenvalue weighted by Gasteiger charge is 2.44. The Kier molecular flexibility index (Phi) is 11.7. The molecular formula is C32H38N6O8. The number of nitrogens with zero attached hydrogens (tertiary/aromatic N) is 4. The smallest absolute Gasteiger partial charge is 0.220 e. The first-order chi connectivity index (χ1) is 22.5. The van der Waals surface area contributed by atoms with Gasteiger partial charge in [-0.2, -0.15) is 0 Å². The third-order valence-electron chi connectivity index (χ3n) is 7.52. The summed E-state index contributed by atoms with van der Waals surface area (Å²) in [5, 5.41) is 35.6. The molecule has 1 amide bonds. The molecule has 1 saturated heterocycles. The van der Waals surface area contributed by atoms with Gasteiger partial charge in [0.15, 0.2) is 29.0 Å². The van der Waals surface area contributed by atoms with E-state index in [0.29, 0.717) is 62.1 Å². The largest absolute Gasteiger partial charge is 0.394 e. The molecule has 1 fully saturated rings. The lowest BCUT2D eigenvalue weighted by molar-refractivity contribution is -0.121. The molecule has 14 nitrogen and oxygen atoms in total. The van der Waals surface area contributed by atoms with Crippen molar-refractivity contribution in [2.75, 3.05) is 51.4 Å². The maximum absolute atomic E-state index is 12.5. The van der Waals surface area contributed by atoms with Gasteiger partial charge in [-0.25, -0.2) is 15.0 Å². The lowest BCUT2D eigenvalue weighted by Crippen LogP contribution is -2.33. The Morgan fingerprint density at radius 2 is 1.57 bits per heavy atom. The number of hydrogen-bond acceptors (Lipinski definition) is 12. The maximum Gasteiger partial charge on any atom is 0.220 e. The highest BCUT2D eigenvalue weighted by molar-refractivity contribution is 5.98. The van der Waals surface area contributed by atoms with Crippen molar-refractivity contribution in [3.05, 3.63) is 72.8 Å². The number of hydrogen-bond donors (Lipinski definition) is 5. The van der Waals surface area contributed by atoms with Crippen LogP contribution in [0.2, 0.25) is 0 Å². The van der Waals surface area contributed by atoms with Gasteiger partial charge in [0, 0.05) is 31.5 Å². The minimum atomic E-state index is -1.25. The highest BCUT2D eigenvalue weighted by Crippen LogP contribution is 2.32. The summed E-state index contributed by atoms with van der Waals surface area (Å²) < 4.78 is 18.2. The fourth-order valence-electron chi connectivity index (χ4n) is 5.04. The molecule has 0 saturated carbocycles. The number of anilines is 1. The summed E-state index contributed by atoms with van der Waals surface area (Å²) >= 11 is 0. The number of carbonyl (C=O) groups excluding carboxylic acids is 2. The Morgan fingerprint density at radius 3 is 2.28 bits per heavy atom. The SMILES string of the molecule is O=C(CCC(=O)c1ccc(-c2ccccc2)cc1)NCCOCCOCCNc1ncnc2c1ncn2[C@@H]1O[C@H](CO)C(O)[C@@H]1O. The number of amides is 1. The molecule has 244 valence electrons. The first-order valence-corrected chi connectivity index (χ1v) is 15.1. The predicted octanol–water partition coefficient (Wildman–Crippen LogP) is 1.33. The van der Waals surface area contributed by atoms with Gasteiger partial charge in [0.2, 0.25) is 5.91 Å². The van der Waals surface area contributed by atoms with Crippen molar-refractivity contribution in [2.24, 2.45) is 0 Å². The molecule has 0 aliphatic carbocycles. The van der Waals surface area contributed by atoms with Gasteiger partial charge < -0.3 is 40.2 Å². The summed E-state index contributed by atoms with van der Waals surface area (Å²) in [5.74, 6) is 0.184. The third-order valence-corrected chi connectivity index (χ3v) is 7.52. The first-order valence-electron chi connectivity index (χ1n) is 15.1. The summed E-state index contributed by atoms with van der Waals surface area (Å²) in [5.41, 5.74) is 3.55. The minimum Gasteiger partial charge on any atom is -0.394 e. The van der Waals surface area contributed by atoms with Crippen molar-refractivity contribution in [3.63, 3.8) is 0 Å². The van der Waals surface area contributed by atoms with E-state index in [4.69, 9.17) is 14.2 Å². The van der Waals surface area contributed by atoms with Crippen LogP contribution in [-0.2, 0) is 19.0 Å². The molecule has 1 unspecified atom stereocenters. The van der Waals surface area contributed by atoms with Crippen LogP contribution in [0.4, 0.5) is 5.82 Å². The third kappa shape index (κ3) is 8.28. The molecule has 2 aromatic heterocycles. The fourth-order valence-corrected chi connectivity index (χ4v) is 5.04. The Bertz CT molecular complexity index is 1570.